The fraction of sp³-hybridized carbons (Fsp3) is 0.286. The van der Waals surface area contributed by atoms with Gasteiger partial charge in [0.15, 0.2) is 0 Å². The molecule has 1 aromatic rings. The zero-order chi connectivity index (χ0) is 19.1. The van der Waals surface area contributed by atoms with E-state index in [1.165, 1.54) is 6.08 Å². The Kier molecular flexibility index (Phi) is 7.72. The molecule has 0 radical (unpaired) electrons. The number of allylic oxidation sites excluding steroid dienone is 6. The molecule has 0 heterocycles. The van der Waals surface area contributed by atoms with E-state index in [0.29, 0.717) is 10.6 Å². The standard InChI is InChI=1S/C21H25ClO3/c1-13(8-7-9-14(2)12-19(23)24)10-11-18-15(3)16(4)21(25-6)17(5)20(18)22/h7-12H,1-6H3,(H,23,24)/b9-7+,11-10+,13-8+,14-12+. The molecule has 1 aromatic carbocycles. The number of carboxylic acid groups (broad SMARTS) is 1. The maximum Gasteiger partial charge on any atom is 0.328 e. The highest BCUT2D eigenvalue weighted by molar-refractivity contribution is 6.33. The van der Waals surface area contributed by atoms with Crippen molar-refractivity contribution < 1.29 is 14.6 Å². The summed E-state index contributed by atoms with van der Waals surface area (Å²) < 4.78 is 5.44. The molecule has 1 rings (SSSR count). The van der Waals surface area contributed by atoms with Crippen molar-refractivity contribution in [3.8, 4) is 5.75 Å². The smallest absolute Gasteiger partial charge is 0.328 e. The second-order valence-corrected chi connectivity index (χ2v) is 6.34. The predicted molar refractivity (Wildman–Crippen MR) is 106 cm³/mol. The molecule has 0 aliphatic rings. The number of hydrogen-bond acceptors (Lipinski definition) is 2. The van der Waals surface area contributed by atoms with Crippen LogP contribution < -0.4 is 4.74 Å². The minimum absolute atomic E-state index is 0.681. The monoisotopic (exact) mass is 360 g/mol. The summed E-state index contributed by atoms with van der Waals surface area (Å²) in [4.78, 5) is 10.6. The van der Waals surface area contributed by atoms with Crippen molar-refractivity contribution in [3.63, 3.8) is 0 Å². The molecule has 0 aliphatic heterocycles. The number of ether oxygens (including phenoxy) is 1. The molecule has 25 heavy (non-hydrogen) atoms. The molecule has 3 nitrogen and oxygen atoms in total. The molecular formula is C21H25ClO3. The lowest BCUT2D eigenvalue weighted by molar-refractivity contribution is -0.131. The quantitative estimate of drug-likeness (QED) is 0.513. The van der Waals surface area contributed by atoms with Gasteiger partial charge in [-0.3, -0.25) is 0 Å². The van der Waals surface area contributed by atoms with Crippen LogP contribution in [0.3, 0.4) is 0 Å². The average Bonchev–Trinajstić information content (AvgIpc) is 2.53. The predicted octanol–water partition coefficient (Wildman–Crippen LogP) is 5.82. The van der Waals surface area contributed by atoms with E-state index in [0.717, 1.165) is 33.6 Å². The number of rotatable bonds is 6. The van der Waals surface area contributed by atoms with Crippen LogP contribution in [0, 0.1) is 20.8 Å². The van der Waals surface area contributed by atoms with E-state index in [4.69, 9.17) is 21.4 Å². The second kappa shape index (κ2) is 9.28. The van der Waals surface area contributed by atoms with Crippen molar-refractivity contribution >= 4 is 23.6 Å². The normalized spacial score (nSPS) is 13.1. The Morgan fingerprint density at radius 2 is 1.68 bits per heavy atom. The Balaban J connectivity index is 3.08. The summed E-state index contributed by atoms with van der Waals surface area (Å²) in [6.45, 7) is 9.73. The van der Waals surface area contributed by atoms with Gasteiger partial charge in [-0.05, 0) is 56.9 Å². The lowest BCUT2D eigenvalue weighted by atomic mass is 9.97. The van der Waals surface area contributed by atoms with Crippen molar-refractivity contribution in [1.29, 1.82) is 0 Å². The van der Waals surface area contributed by atoms with E-state index in [-0.39, 0.29) is 0 Å². The first-order chi connectivity index (χ1) is 11.7. The van der Waals surface area contributed by atoms with E-state index in [1.54, 1.807) is 20.1 Å². The van der Waals surface area contributed by atoms with Gasteiger partial charge in [-0.25, -0.2) is 4.79 Å². The zero-order valence-corrected chi connectivity index (χ0v) is 16.4. The highest BCUT2D eigenvalue weighted by atomic mass is 35.5. The first-order valence-corrected chi connectivity index (χ1v) is 8.34. The van der Waals surface area contributed by atoms with Gasteiger partial charge in [0.25, 0.3) is 0 Å². The van der Waals surface area contributed by atoms with Crippen molar-refractivity contribution in [2.24, 2.45) is 0 Å². The van der Waals surface area contributed by atoms with Gasteiger partial charge in [-0.15, -0.1) is 0 Å². The molecule has 0 saturated heterocycles. The van der Waals surface area contributed by atoms with Crippen LogP contribution in [-0.2, 0) is 4.79 Å². The van der Waals surface area contributed by atoms with Gasteiger partial charge >= 0.3 is 5.97 Å². The fourth-order valence-electron chi connectivity index (χ4n) is 2.49. The van der Waals surface area contributed by atoms with Crippen molar-refractivity contribution in [3.05, 3.63) is 68.8 Å². The van der Waals surface area contributed by atoms with E-state index in [9.17, 15) is 4.79 Å². The summed E-state index contributed by atoms with van der Waals surface area (Å²) in [7, 11) is 1.65. The third kappa shape index (κ3) is 5.64. The first kappa shape index (κ1) is 20.8. The summed E-state index contributed by atoms with van der Waals surface area (Å²) in [6.07, 6.45) is 10.7. The third-order valence-corrected chi connectivity index (χ3v) is 4.49. The molecule has 0 spiro atoms. The van der Waals surface area contributed by atoms with Crippen molar-refractivity contribution in [1.82, 2.24) is 0 Å². The minimum Gasteiger partial charge on any atom is -0.496 e. The van der Waals surface area contributed by atoms with Gasteiger partial charge in [0.1, 0.15) is 5.75 Å². The first-order valence-electron chi connectivity index (χ1n) is 7.96. The number of halogens is 1. The van der Waals surface area contributed by atoms with E-state index in [2.05, 4.69) is 0 Å². The summed E-state index contributed by atoms with van der Waals surface area (Å²) in [5.74, 6) is -0.117. The van der Waals surface area contributed by atoms with Crippen LogP contribution >= 0.6 is 11.6 Å². The van der Waals surface area contributed by atoms with Crippen LogP contribution in [0.2, 0.25) is 5.02 Å². The number of methoxy groups -OCH3 is 1. The highest BCUT2D eigenvalue weighted by Gasteiger charge is 2.14. The van der Waals surface area contributed by atoms with E-state index >= 15 is 0 Å². The SMILES string of the molecule is COc1c(C)c(C)c(/C=C/C(C)=C/C=C/C(C)=C/C(=O)O)c(Cl)c1C. The summed E-state index contributed by atoms with van der Waals surface area (Å²) >= 11 is 6.50. The molecule has 4 heteroatoms. The Morgan fingerprint density at radius 3 is 2.24 bits per heavy atom. The van der Waals surface area contributed by atoms with Crippen LogP contribution in [0.1, 0.15) is 36.1 Å². The lowest BCUT2D eigenvalue weighted by Gasteiger charge is -2.16. The molecule has 0 fully saturated rings. The molecule has 0 aliphatic carbocycles. The minimum atomic E-state index is -0.946. The fourth-order valence-corrected chi connectivity index (χ4v) is 2.78. The molecule has 134 valence electrons. The molecule has 0 amide bonds. The summed E-state index contributed by atoms with van der Waals surface area (Å²) in [5.41, 5.74) is 5.80. The largest absolute Gasteiger partial charge is 0.496 e. The van der Waals surface area contributed by atoms with E-state index in [1.807, 2.05) is 52.0 Å². The summed E-state index contributed by atoms with van der Waals surface area (Å²) in [6, 6.07) is 0. The maximum atomic E-state index is 10.6. The van der Waals surface area contributed by atoms with Crippen LogP contribution in [0.5, 0.6) is 5.75 Å². The van der Waals surface area contributed by atoms with Gasteiger partial charge in [0, 0.05) is 11.6 Å². The van der Waals surface area contributed by atoms with Crippen LogP contribution in [0.25, 0.3) is 6.08 Å². The maximum absolute atomic E-state index is 10.6. The van der Waals surface area contributed by atoms with E-state index < -0.39 is 5.97 Å². The topological polar surface area (TPSA) is 46.5 Å². The van der Waals surface area contributed by atoms with Crippen LogP contribution in [0.15, 0.2) is 41.5 Å². The number of hydrogen-bond donors (Lipinski definition) is 1. The molecule has 0 atom stereocenters. The van der Waals surface area contributed by atoms with Crippen molar-refractivity contribution in [2.75, 3.05) is 7.11 Å². The number of carbonyl (C=O) groups is 1. The molecule has 0 saturated carbocycles. The van der Waals surface area contributed by atoms with Crippen molar-refractivity contribution in [2.45, 2.75) is 34.6 Å². The van der Waals surface area contributed by atoms with Gasteiger partial charge < -0.3 is 9.84 Å². The molecule has 0 aromatic heterocycles. The van der Waals surface area contributed by atoms with Crippen LogP contribution in [0.4, 0.5) is 0 Å². The van der Waals surface area contributed by atoms with Gasteiger partial charge in [0.2, 0.25) is 0 Å². The van der Waals surface area contributed by atoms with Gasteiger partial charge in [0.05, 0.1) is 12.1 Å². The van der Waals surface area contributed by atoms with Gasteiger partial charge in [-0.1, -0.05) is 47.6 Å². The average molecular weight is 361 g/mol. The Bertz CT molecular complexity index is 752. The zero-order valence-electron chi connectivity index (χ0n) is 15.6. The number of carboxylic acids is 1. The Labute approximate surface area is 155 Å². The number of benzene rings is 1. The molecule has 0 unspecified atom stereocenters. The third-order valence-electron chi connectivity index (χ3n) is 4.00. The Morgan fingerprint density at radius 1 is 1.04 bits per heavy atom. The Hall–Kier alpha value is -2.26. The number of aliphatic carboxylic acids is 1. The molecule has 0 bridgehead atoms. The van der Waals surface area contributed by atoms with Gasteiger partial charge in [-0.2, -0.15) is 0 Å². The molecular weight excluding hydrogens is 336 g/mol. The second-order valence-electron chi connectivity index (χ2n) is 5.97. The summed E-state index contributed by atoms with van der Waals surface area (Å²) in [5, 5.41) is 9.37. The van der Waals surface area contributed by atoms with Crippen LogP contribution in [-0.4, -0.2) is 18.2 Å². The highest BCUT2D eigenvalue weighted by Crippen LogP contribution is 2.36. The molecule has 1 N–H and O–H groups in total. The lowest BCUT2D eigenvalue weighted by Crippen LogP contribution is -1.98.